The van der Waals surface area contributed by atoms with Gasteiger partial charge in [-0.15, -0.1) is 11.3 Å². The molecule has 0 saturated carbocycles. The molecule has 1 aromatic heterocycles. The lowest BCUT2D eigenvalue weighted by Crippen LogP contribution is -2.18. The van der Waals surface area contributed by atoms with Crippen LogP contribution in [0.1, 0.15) is 40.8 Å². The Kier molecular flexibility index (Phi) is 4.84. The van der Waals surface area contributed by atoms with Crippen LogP contribution in [0.3, 0.4) is 0 Å². The molecule has 0 aliphatic carbocycles. The van der Waals surface area contributed by atoms with Crippen LogP contribution in [-0.2, 0) is 0 Å². The van der Waals surface area contributed by atoms with E-state index in [0.717, 1.165) is 5.75 Å². The molecule has 0 aliphatic heterocycles. The summed E-state index contributed by atoms with van der Waals surface area (Å²) in [5, 5.41) is 3.42. The molecule has 1 atom stereocenters. The second kappa shape index (κ2) is 6.42. The fourth-order valence-corrected chi connectivity index (χ4v) is 3.45. The van der Waals surface area contributed by atoms with Gasteiger partial charge in [-0.25, -0.2) is 0 Å². The summed E-state index contributed by atoms with van der Waals surface area (Å²) < 4.78 is 5.95. The Morgan fingerprint density at radius 2 is 1.85 bits per heavy atom. The Morgan fingerprint density at radius 1 is 1.15 bits per heavy atom. The van der Waals surface area contributed by atoms with E-state index in [9.17, 15) is 0 Å². The Labute approximate surface area is 125 Å². The second-order valence-corrected chi connectivity index (χ2v) is 6.60. The highest BCUT2D eigenvalue weighted by Gasteiger charge is 2.19. The van der Waals surface area contributed by atoms with Gasteiger partial charge in [0.15, 0.2) is 0 Å². The molecule has 0 radical (unpaired) electrons. The summed E-state index contributed by atoms with van der Waals surface area (Å²) in [6.07, 6.45) is 0.181. The molecule has 20 heavy (non-hydrogen) atoms. The lowest BCUT2D eigenvalue weighted by atomic mass is 10.0. The van der Waals surface area contributed by atoms with Gasteiger partial charge < -0.3 is 10.1 Å². The van der Waals surface area contributed by atoms with E-state index in [2.05, 4.69) is 51.2 Å². The molecule has 3 heteroatoms. The summed E-state index contributed by atoms with van der Waals surface area (Å²) >= 11 is 1.85. The first-order valence-electron chi connectivity index (χ1n) is 7.02. The molecule has 108 valence electrons. The molecule has 0 spiro atoms. The molecule has 0 saturated heterocycles. The van der Waals surface area contributed by atoms with Gasteiger partial charge in [-0.2, -0.15) is 0 Å². The van der Waals surface area contributed by atoms with E-state index in [0.29, 0.717) is 0 Å². The van der Waals surface area contributed by atoms with Crippen molar-refractivity contribution in [3.8, 4) is 5.75 Å². The zero-order valence-electron chi connectivity index (χ0n) is 12.9. The first kappa shape index (κ1) is 15.1. The molecule has 1 aromatic carbocycles. The summed E-state index contributed by atoms with van der Waals surface area (Å²) in [5.74, 6) is 0.963. The van der Waals surface area contributed by atoms with Crippen LogP contribution in [0.15, 0.2) is 30.3 Å². The quantitative estimate of drug-likeness (QED) is 0.877. The molecule has 2 nitrogen and oxygen atoms in total. The Bertz CT molecular complexity index is 555. The van der Waals surface area contributed by atoms with E-state index in [1.54, 1.807) is 0 Å². The van der Waals surface area contributed by atoms with Crippen LogP contribution in [0.25, 0.3) is 0 Å². The molecule has 0 amide bonds. The van der Waals surface area contributed by atoms with Crippen molar-refractivity contribution in [3.05, 3.63) is 51.2 Å². The molecule has 0 aliphatic rings. The highest BCUT2D eigenvalue weighted by molar-refractivity contribution is 7.12. The minimum absolute atomic E-state index is 0.181. The number of rotatable bonds is 5. The summed E-state index contributed by atoms with van der Waals surface area (Å²) in [5.41, 5.74) is 2.55. The van der Waals surface area contributed by atoms with E-state index >= 15 is 0 Å². The topological polar surface area (TPSA) is 21.3 Å². The number of para-hydroxylation sites is 1. The SMILES string of the molecule is CNC(c1cc(C)c(C)s1)c1ccccc1OC(C)C. The third kappa shape index (κ3) is 3.22. The third-order valence-electron chi connectivity index (χ3n) is 3.35. The lowest BCUT2D eigenvalue weighted by molar-refractivity contribution is 0.239. The van der Waals surface area contributed by atoms with Crippen molar-refractivity contribution in [3.63, 3.8) is 0 Å². The summed E-state index contributed by atoms with van der Waals surface area (Å²) in [4.78, 5) is 2.71. The van der Waals surface area contributed by atoms with Crippen LogP contribution in [0.4, 0.5) is 0 Å². The minimum atomic E-state index is 0.181. The maximum absolute atomic E-state index is 5.95. The van der Waals surface area contributed by atoms with E-state index in [4.69, 9.17) is 4.74 Å². The fourth-order valence-electron chi connectivity index (χ4n) is 2.28. The van der Waals surface area contributed by atoms with Gasteiger partial charge in [0, 0.05) is 15.3 Å². The van der Waals surface area contributed by atoms with Gasteiger partial charge >= 0.3 is 0 Å². The molecule has 1 unspecified atom stereocenters. The van der Waals surface area contributed by atoms with Gasteiger partial charge in [0.05, 0.1) is 12.1 Å². The van der Waals surface area contributed by atoms with Crippen molar-refractivity contribution in [2.75, 3.05) is 7.05 Å². The maximum atomic E-state index is 5.95. The highest BCUT2D eigenvalue weighted by atomic mass is 32.1. The minimum Gasteiger partial charge on any atom is -0.491 e. The molecular formula is C17H23NOS. The summed E-state index contributed by atoms with van der Waals surface area (Å²) in [6, 6.07) is 10.7. The number of ether oxygens (including phenoxy) is 1. The Morgan fingerprint density at radius 3 is 2.40 bits per heavy atom. The largest absolute Gasteiger partial charge is 0.491 e. The van der Waals surface area contributed by atoms with Crippen molar-refractivity contribution in [1.29, 1.82) is 0 Å². The predicted octanol–water partition coefficient (Wildman–Crippen LogP) is 4.46. The standard InChI is InChI=1S/C17H23NOS/c1-11(2)19-15-9-7-6-8-14(15)17(18-5)16-10-12(3)13(4)20-16/h6-11,17-18H,1-5H3. The Balaban J connectivity index is 2.41. The zero-order chi connectivity index (χ0) is 14.7. The van der Waals surface area contributed by atoms with Crippen molar-refractivity contribution in [1.82, 2.24) is 5.32 Å². The van der Waals surface area contributed by atoms with Crippen molar-refractivity contribution in [2.45, 2.75) is 39.8 Å². The van der Waals surface area contributed by atoms with Crippen LogP contribution < -0.4 is 10.1 Å². The van der Waals surface area contributed by atoms with Crippen molar-refractivity contribution in [2.24, 2.45) is 0 Å². The van der Waals surface area contributed by atoms with Gasteiger partial charge in [-0.05, 0) is 52.4 Å². The van der Waals surface area contributed by atoms with Crippen LogP contribution in [0.2, 0.25) is 0 Å². The van der Waals surface area contributed by atoms with Gasteiger partial charge in [0.1, 0.15) is 5.75 Å². The molecular weight excluding hydrogens is 266 g/mol. The van der Waals surface area contributed by atoms with E-state index in [1.165, 1.54) is 20.9 Å². The van der Waals surface area contributed by atoms with E-state index < -0.39 is 0 Å². The van der Waals surface area contributed by atoms with Gasteiger partial charge in [-0.3, -0.25) is 0 Å². The monoisotopic (exact) mass is 289 g/mol. The highest BCUT2D eigenvalue weighted by Crippen LogP contribution is 2.35. The van der Waals surface area contributed by atoms with Crippen LogP contribution in [0, 0.1) is 13.8 Å². The normalized spacial score (nSPS) is 12.7. The van der Waals surface area contributed by atoms with E-state index in [-0.39, 0.29) is 12.1 Å². The molecule has 0 fully saturated rings. The molecule has 1 N–H and O–H groups in total. The number of hydrogen-bond donors (Lipinski definition) is 1. The second-order valence-electron chi connectivity index (χ2n) is 5.31. The molecule has 1 heterocycles. The average molecular weight is 289 g/mol. The van der Waals surface area contributed by atoms with Crippen LogP contribution >= 0.6 is 11.3 Å². The number of hydrogen-bond acceptors (Lipinski definition) is 3. The average Bonchev–Trinajstić information content (AvgIpc) is 2.72. The summed E-state index contributed by atoms with van der Waals surface area (Å²) in [6.45, 7) is 8.46. The third-order valence-corrected chi connectivity index (χ3v) is 4.57. The molecule has 0 bridgehead atoms. The van der Waals surface area contributed by atoms with Crippen LogP contribution in [0.5, 0.6) is 5.75 Å². The molecule has 2 rings (SSSR count). The number of nitrogens with one attached hydrogen (secondary N) is 1. The van der Waals surface area contributed by atoms with Crippen molar-refractivity contribution < 1.29 is 4.74 Å². The molecule has 2 aromatic rings. The smallest absolute Gasteiger partial charge is 0.124 e. The zero-order valence-corrected chi connectivity index (χ0v) is 13.7. The van der Waals surface area contributed by atoms with Crippen molar-refractivity contribution >= 4 is 11.3 Å². The van der Waals surface area contributed by atoms with Gasteiger partial charge in [0.2, 0.25) is 0 Å². The predicted molar refractivity (Wildman–Crippen MR) is 86.9 cm³/mol. The first-order chi connectivity index (χ1) is 9.52. The lowest BCUT2D eigenvalue weighted by Gasteiger charge is -2.20. The fraction of sp³-hybridized carbons (Fsp3) is 0.412. The number of aryl methyl sites for hydroxylation is 2. The first-order valence-corrected chi connectivity index (χ1v) is 7.84. The van der Waals surface area contributed by atoms with E-state index in [1.807, 2.05) is 30.5 Å². The summed E-state index contributed by atoms with van der Waals surface area (Å²) in [7, 11) is 2.00. The van der Waals surface area contributed by atoms with Crippen LogP contribution in [-0.4, -0.2) is 13.2 Å². The maximum Gasteiger partial charge on any atom is 0.124 e. The number of thiophene rings is 1. The van der Waals surface area contributed by atoms with Gasteiger partial charge in [0.25, 0.3) is 0 Å². The Hall–Kier alpha value is -1.32. The van der Waals surface area contributed by atoms with Gasteiger partial charge in [-0.1, -0.05) is 18.2 Å². The number of benzene rings is 1.